The van der Waals surface area contributed by atoms with E-state index in [9.17, 15) is 9.59 Å². The number of benzene rings is 1. The second kappa shape index (κ2) is 6.37. The van der Waals surface area contributed by atoms with Crippen molar-refractivity contribution < 1.29 is 4.42 Å². The fraction of sp³-hybridized carbons (Fsp3) is 0.316. The van der Waals surface area contributed by atoms with Gasteiger partial charge in [0.15, 0.2) is 0 Å². The largest absolute Gasteiger partial charge is 0.422 e. The lowest BCUT2D eigenvalue weighted by Gasteiger charge is -2.27. The fourth-order valence-electron chi connectivity index (χ4n) is 3.42. The number of fused-ring (bicyclic) bond motifs is 2. The van der Waals surface area contributed by atoms with E-state index in [1.807, 2.05) is 24.0 Å². The van der Waals surface area contributed by atoms with Crippen LogP contribution in [0.3, 0.4) is 0 Å². The quantitative estimate of drug-likeness (QED) is 0.701. The van der Waals surface area contributed by atoms with E-state index in [2.05, 4.69) is 9.97 Å². The molecule has 0 unspecified atom stereocenters. The molecule has 1 aromatic carbocycles. The summed E-state index contributed by atoms with van der Waals surface area (Å²) in [5.41, 5.74) is 2.87. The summed E-state index contributed by atoms with van der Waals surface area (Å²) in [6.07, 6.45) is 0.662. The van der Waals surface area contributed by atoms with Crippen LogP contribution >= 0.6 is 11.6 Å². The van der Waals surface area contributed by atoms with Crippen molar-refractivity contribution in [3.8, 4) is 0 Å². The summed E-state index contributed by atoms with van der Waals surface area (Å²) < 4.78 is 5.43. The molecule has 26 heavy (non-hydrogen) atoms. The lowest BCUT2D eigenvalue weighted by atomic mass is 10.1. The Morgan fingerprint density at radius 3 is 2.92 bits per heavy atom. The molecular formula is C19H18ClN3O3. The highest BCUT2D eigenvalue weighted by atomic mass is 35.5. The van der Waals surface area contributed by atoms with Gasteiger partial charge in [0.2, 0.25) is 0 Å². The highest BCUT2D eigenvalue weighted by molar-refractivity contribution is 6.36. The minimum Gasteiger partial charge on any atom is -0.422 e. The zero-order valence-electron chi connectivity index (χ0n) is 14.6. The van der Waals surface area contributed by atoms with Crippen molar-refractivity contribution in [1.29, 1.82) is 0 Å². The van der Waals surface area contributed by atoms with Gasteiger partial charge in [0.25, 0.3) is 5.56 Å². The molecule has 1 aliphatic rings. The number of halogens is 1. The van der Waals surface area contributed by atoms with Gasteiger partial charge in [-0.3, -0.25) is 9.69 Å². The number of H-pyrrole nitrogens is 1. The van der Waals surface area contributed by atoms with Crippen LogP contribution in [-0.4, -0.2) is 21.4 Å². The maximum atomic E-state index is 12.4. The Morgan fingerprint density at radius 1 is 1.31 bits per heavy atom. The molecule has 4 rings (SSSR count). The summed E-state index contributed by atoms with van der Waals surface area (Å²) in [5.74, 6) is 0.621. The molecule has 0 aliphatic carbocycles. The molecule has 0 saturated carbocycles. The minimum absolute atomic E-state index is 0.121. The summed E-state index contributed by atoms with van der Waals surface area (Å²) in [6.45, 7) is 5.20. The van der Waals surface area contributed by atoms with Gasteiger partial charge in [-0.15, -0.1) is 0 Å². The van der Waals surface area contributed by atoms with E-state index in [-0.39, 0.29) is 5.56 Å². The lowest BCUT2D eigenvalue weighted by Crippen LogP contribution is -2.36. The van der Waals surface area contributed by atoms with E-state index in [1.165, 1.54) is 0 Å². The van der Waals surface area contributed by atoms with Crippen LogP contribution < -0.4 is 11.2 Å². The number of rotatable bonds is 2. The monoisotopic (exact) mass is 371 g/mol. The first kappa shape index (κ1) is 17.0. The molecule has 2 aromatic heterocycles. The molecular weight excluding hydrogens is 354 g/mol. The van der Waals surface area contributed by atoms with Crippen molar-refractivity contribution in [2.45, 2.75) is 33.4 Å². The third kappa shape index (κ3) is 2.95. The Bertz CT molecular complexity index is 1130. The molecule has 0 fully saturated rings. The van der Waals surface area contributed by atoms with Crippen LogP contribution in [0.25, 0.3) is 11.0 Å². The maximum Gasteiger partial charge on any atom is 0.342 e. The molecule has 134 valence electrons. The molecule has 6 nitrogen and oxygen atoms in total. The third-order valence-corrected chi connectivity index (χ3v) is 5.17. The third-order valence-electron chi connectivity index (χ3n) is 4.73. The van der Waals surface area contributed by atoms with Crippen LogP contribution in [0.2, 0.25) is 5.02 Å². The number of hydrogen-bond acceptors (Lipinski definition) is 5. The van der Waals surface area contributed by atoms with E-state index in [1.54, 1.807) is 13.0 Å². The van der Waals surface area contributed by atoms with Gasteiger partial charge in [-0.05, 0) is 26.0 Å². The standard InChI is InChI=1S/C19H18ClN3O3/c1-10-3-4-16-12(7-10)17(20)14(19(25)26-16)9-23-6-5-15-13(8-23)18(24)22-11(2)21-15/h3-4,7H,5-6,8-9H2,1-2H3,(H,21,22,24). The predicted molar refractivity (Wildman–Crippen MR) is 99.6 cm³/mol. The predicted octanol–water partition coefficient (Wildman–Crippen LogP) is 2.70. The fourth-order valence-corrected chi connectivity index (χ4v) is 3.70. The minimum atomic E-state index is -0.437. The second-order valence-electron chi connectivity index (χ2n) is 6.72. The van der Waals surface area contributed by atoms with E-state index in [0.717, 1.165) is 16.6 Å². The van der Waals surface area contributed by atoms with Crippen LogP contribution in [0.4, 0.5) is 0 Å². The number of aromatic nitrogens is 2. The van der Waals surface area contributed by atoms with E-state index in [4.69, 9.17) is 16.0 Å². The molecule has 7 heteroatoms. The Morgan fingerprint density at radius 2 is 2.12 bits per heavy atom. The number of aryl methyl sites for hydroxylation is 2. The Labute approximate surface area is 154 Å². The second-order valence-corrected chi connectivity index (χ2v) is 7.10. The molecule has 0 atom stereocenters. The van der Waals surface area contributed by atoms with Crippen LogP contribution in [0.15, 0.2) is 32.2 Å². The molecule has 0 amide bonds. The molecule has 0 bridgehead atoms. The lowest BCUT2D eigenvalue weighted by molar-refractivity contribution is 0.238. The first-order chi connectivity index (χ1) is 12.4. The Hall–Kier alpha value is -2.44. The van der Waals surface area contributed by atoms with Gasteiger partial charge >= 0.3 is 5.63 Å². The highest BCUT2D eigenvalue weighted by Crippen LogP contribution is 2.27. The smallest absolute Gasteiger partial charge is 0.342 e. The van der Waals surface area contributed by atoms with Gasteiger partial charge in [0.1, 0.15) is 11.4 Å². The van der Waals surface area contributed by atoms with Gasteiger partial charge in [0, 0.05) is 31.4 Å². The Balaban J connectivity index is 1.70. The normalized spacial score (nSPS) is 14.6. The number of nitrogens with zero attached hydrogens (tertiary/aromatic N) is 2. The van der Waals surface area contributed by atoms with Crippen LogP contribution in [0.1, 0.15) is 28.2 Å². The van der Waals surface area contributed by atoms with Gasteiger partial charge in [-0.1, -0.05) is 23.2 Å². The summed E-state index contributed by atoms with van der Waals surface area (Å²) in [4.78, 5) is 33.8. The van der Waals surface area contributed by atoms with E-state index < -0.39 is 5.63 Å². The highest BCUT2D eigenvalue weighted by Gasteiger charge is 2.23. The number of nitrogens with one attached hydrogen (secondary N) is 1. The van der Waals surface area contributed by atoms with E-state index in [0.29, 0.717) is 53.6 Å². The average Bonchev–Trinajstić information content (AvgIpc) is 2.60. The van der Waals surface area contributed by atoms with Crippen molar-refractivity contribution >= 4 is 22.6 Å². The zero-order valence-corrected chi connectivity index (χ0v) is 15.3. The topological polar surface area (TPSA) is 79.2 Å². The molecule has 1 aliphatic heterocycles. The van der Waals surface area contributed by atoms with Crippen LogP contribution in [0.5, 0.6) is 0 Å². The van der Waals surface area contributed by atoms with Gasteiger partial charge < -0.3 is 9.40 Å². The average molecular weight is 372 g/mol. The first-order valence-electron chi connectivity index (χ1n) is 8.45. The van der Waals surface area contributed by atoms with E-state index >= 15 is 0 Å². The van der Waals surface area contributed by atoms with Crippen molar-refractivity contribution in [2.75, 3.05) is 6.54 Å². The van der Waals surface area contributed by atoms with Gasteiger partial charge in [-0.25, -0.2) is 9.78 Å². The molecule has 0 saturated heterocycles. The van der Waals surface area contributed by atoms with Crippen molar-refractivity contribution in [2.24, 2.45) is 0 Å². The van der Waals surface area contributed by atoms with Crippen molar-refractivity contribution in [1.82, 2.24) is 14.9 Å². The van der Waals surface area contributed by atoms with Crippen molar-refractivity contribution in [3.63, 3.8) is 0 Å². The maximum absolute atomic E-state index is 12.4. The van der Waals surface area contributed by atoms with Gasteiger partial charge in [-0.2, -0.15) is 0 Å². The van der Waals surface area contributed by atoms with Crippen LogP contribution in [0, 0.1) is 13.8 Å². The zero-order chi connectivity index (χ0) is 18.4. The number of hydrogen-bond donors (Lipinski definition) is 1. The SMILES string of the molecule is Cc1ccc2oc(=O)c(CN3CCc4nc(C)[nH]c(=O)c4C3)c(Cl)c2c1. The summed E-state index contributed by atoms with van der Waals surface area (Å²) >= 11 is 6.52. The molecule has 1 N–H and O–H groups in total. The van der Waals surface area contributed by atoms with Gasteiger partial charge in [0.05, 0.1) is 21.8 Å². The number of aromatic amines is 1. The Kier molecular flexibility index (Phi) is 4.17. The summed E-state index contributed by atoms with van der Waals surface area (Å²) in [5, 5.41) is 1.15. The van der Waals surface area contributed by atoms with Crippen molar-refractivity contribution in [3.05, 3.63) is 72.2 Å². The summed E-state index contributed by atoms with van der Waals surface area (Å²) in [6, 6.07) is 5.55. The molecule has 3 heterocycles. The summed E-state index contributed by atoms with van der Waals surface area (Å²) in [7, 11) is 0. The molecule has 0 spiro atoms. The first-order valence-corrected chi connectivity index (χ1v) is 8.83. The molecule has 3 aromatic rings. The van der Waals surface area contributed by atoms with Crippen LogP contribution in [-0.2, 0) is 19.5 Å². The molecule has 0 radical (unpaired) electrons.